The summed E-state index contributed by atoms with van der Waals surface area (Å²) in [5.41, 5.74) is 0. The fourth-order valence-electron chi connectivity index (χ4n) is 5.82. The number of aliphatic carboxylic acids is 2. The van der Waals surface area contributed by atoms with E-state index in [1.54, 1.807) is 0 Å². The Balaban J connectivity index is -0.000000807. The molecule has 0 heterocycles. The van der Waals surface area contributed by atoms with Crippen molar-refractivity contribution in [3.8, 4) is 0 Å². The van der Waals surface area contributed by atoms with Crippen LogP contribution in [-0.2, 0) is 26.7 Å². The molecule has 0 aromatic carbocycles. The van der Waals surface area contributed by atoms with Crippen LogP contribution in [0, 0.1) is 0 Å². The van der Waals surface area contributed by atoms with Crippen molar-refractivity contribution in [2.24, 2.45) is 0 Å². The van der Waals surface area contributed by atoms with Gasteiger partial charge in [0.05, 0.1) is 11.9 Å². The normalized spacial score (nSPS) is 10.8. The fourth-order valence-corrected chi connectivity index (χ4v) is 7.25. The summed E-state index contributed by atoms with van der Waals surface area (Å²) in [6.45, 7) is 4.55. The zero-order valence-corrected chi connectivity index (χ0v) is 33.8. The van der Waals surface area contributed by atoms with Gasteiger partial charge in [-0.2, -0.15) is 23.5 Å². The monoisotopic (exact) mass is 749 g/mol. The summed E-state index contributed by atoms with van der Waals surface area (Å²) < 4.78 is 0. The SMILES string of the molecule is CCCCCCCCCCCCCCCCCCSCC(=O)[O-].CCCCCCCCCCCCCCCCCCSCC(=O)[O-].[Cu+2]. The van der Waals surface area contributed by atoms with Gasteiger partial charge in [-0.05, 0) is 24.3 Å². The second-order valence-corrected chi connectivity index (χ2v) is 15.7. The summed E-state index contributed by atoms with van der Waals surface area (Å²) in [4.78, 5) is 20.5. The minimum atomic E-state index is -0.938. The van der Waals surface area contributed by atoms with E-state index in [0.717, 1.165) is 24.3 Å². The Morgan fingerprint density at radius 3 is 0.681 bits per heavy atom. The van der Waals surface area contributed by atoms with E-state index < -0.39 is 11.9 Å². The van der Waals surface area contributed by atoms with Gasteiger partial charge in [-0.1, -0.05) is 206 Å². The van der Waals surface area contributed by atoms with Gasteiger partial charge in [-0.3, -0.25) is 0 Å². The van der Waals surface area contributed by atoms with Crippen LogP contribution in [0.15, 0.2) is 0 Å². The van der Waals surface area contributed by atoms with Crippen molar-refractivity contribution in [2.45, 2.75) is 219 Å². The van der Waals surface area contributed by atoms with Crippen LogP contribution in [0.3, 0.4) is 0 Å². The molecular weight excluding hydrogens is 672 g/mol. The molecular formula is C40H78CuO4S2. The Bertz CT molecular complexity index is 545. The number of hydrogen-bond acceptors (Lipinski definition) is 6. The molecule has 0 N–H and O–H groups in total. The Morgan fingerprint density at radius 2 is 0.511 bits per heavy atom. The summed E-state index contributed by atoms with van der Waals surface area (Å²) in [5, 5.41) is 20.5. The van der Waals surface area contributed by atoms with Gasteiger partial charge in [0, 0.05) is 11.5 Å². The Kier molecular flexibility index (Phi) is 52.9. The van der Waals surface area contributed by atoms with Crippen LogP contribution in [0.5, 0.6) is 0 Å². The second-order valence-electron chi connectivity index (χ2n) is 13.5. The predicted octanol–water partition coefficient (Wildman–Crippen LogP) is 11.5. The molecule has 1 radical (unpaired) electrons. The van der Waals surface area contributed by atoms with Gasteiger partial charge >= 0.3 is 17.1 Å². The van der Waals surface area contributed by atoms with Gasteiger partial charge in [0.25, 0.3) is 0 Å². The average molecular weight is 751 g/mol. The van der Waals surface area contributed by atoms with E-state index in [9.17, 15) is 19.8 Å². The Morgan fingerprint density at radius 1 is 0.340 bits per heavy atom. The molecule has 0 saturated carbocycles. The maximum absolute atomic E-state index is 10.2. The van der Waals surface area contributed by atoms with Crippen LogP contribution >= 0.6 is 23.5 Å². The molecule has 0 aromatic rings. The van der Waals surface area contributed by atoms with Crippen LogP contribution in [0.25, 0.3) is 0 Å². The molecule has 7 heteroatoms. The molecule has 0 spiro atoms. The minimum Gasteiger partial charge on any atom is -0.549 e. The Labute approximate surface area is 313 Å². The molecule has 0 amide bonds. The van der Waals surface area contributed by atoms with E-state index in [0.29, 0.717) is 0 Å². The van der Waals surface area contributed by atoms with Crippen LogP contribution in [-0.4, -0.2) is 35.0 Å². The molecule has 0 unspecified atom stereocenters. The summed E-state index contributed by atoms with van der Waals surface area (Å²) in [5.74, 6) is 0.356. The van der Waals surface area contributed by atoms with Crippen molar-refractivity contribution >= 4 is 35.5 Å². The van der Waals surface area contributed by atoms with E-state index in [2.05, 4.69) is 13.8 Å². The molecule has 0 bridgehead atoms. The molecule has 47 heavy (non-hydrogen) atoms. The minimum absolute atomic E-state index is 0. The van der Waals surface area contributed by atoms with Gasteiger partial charge in [-0.25, -0.2) is 0 Å². The molecule has 0 aliphatic rings. The second kappa shape index (κ2) is 48.3. The molecule has 0 aliphatic heterocycles. The van der Waals surface area contributed by atoms with Crippen LogP contribution in [0.2, 0.25) is 0 Å². The summed E-state index contributed by atoms with van der Waals surface area (Å²) in [6, 6.07) is 0. The first-order valence-electron chi connectivity index (χ1n) is 20.1. The van der Waals surface area contributed by atoms with Crippen LogP contribution < -0.4 is 10.2 Å². The van der Waals surface area contributed by atoms with Gasteiger partial charge in [0.2, 0.25) is 0 Å². The number of rotatable bonds is 38. The summed E-state index contributed by atoms with van der Waals surface area (Å²) in [7, 11) is 0. The molecule has 0 saturated heterocycles. The van der Waals surface area contributed by atoms with Crippen LogP contribution in [0.1, 0.15) is 219 Å². The molecule has 0 atom stereocenters. The summed E-state index contributed by atoms with van der Waals surface area (Å²) >= 11 is 2.97. The third kappa shape index (κ3) is 55.8. The quantitative estimate of drug-likeness (QED) is 0.0462. The summed E-state index contributed by atoms with van der Waals surface area (Å²) in [6.07, 6.45) is 44.2. The number of thioether (sulfide) groups is 2. The zero-order valence-electron chi connectivity index (χ0n) is 31.2. The van der Waals surface area contributed by atoms with Crippen molar-refractivity contribution in [1.29, 1.82) is 0 Å². The largest absolute Gasteiger partial charge is 2.00 e. The number of carboxylic acids is 2. The standard InChI is InChI=1S/2C20H40O2S.Cu/c2*1-2-3-4-5-6-7-8-9-10-11-12-13-14-15-16-17-18-23-19-20(21)22;/h2*2-19H2,1H3,(H,21,22);/q;;+2/p-2. The maximum atomic E-state index is 10.2. The number of carbonyl (C=O) groups is 2. The van der Waals surface area contributed by atoms with Crippen LogP contribution in [0.4, 0.5) is 0 Å². The van der Waals surface area contributed by atoms with Gasteiger partial charge in [-0.15, -0.1) is 0 Å². The van der Waals surface area contributed by atoms with E-state index in [1.807, 2.05) is 0 Å². The predicted molar refractivity (Wildman–Crippen MR) is 204 cm³/mol. The first-order valence-corrected chi connectivity index (χ1v) is 22.4. The van der Waals surface area contributed by atoms with Crippen molar-refractivity contribution in [1.82, 2.24) is 0 Å². The molecule has 0 aliphatic carbocycles. The number of carboxylic acid groups (broad SMARTS) is 2. The van der Waals surface area contributed by atoms with Gasteiger partial charge in [0.15, 0.2) is 0 Å². The van der Waals surface area contributed by atoms with E-state index in [-0.39, 0.29) is 28.6 Å². The van der Waals surface area contributed by atoms with Gasteiger partial charge < -0.3 is 19.8 Å². The van der Waals surface area contributed by atoms with Crippen molar-refractivity contribution in [3.05, 3.63) is 0 Å². The third-order valence-electron chi connectivity index (χ3n) is 8.72. The first kappa shape index (κ1) is 51.5. The van der Waals surface area contributed by atoms with E-state index >= 15 is 0 Å². The topological polar surface area (TPSA) is 80.3 Å². The molecule has 0 aromatic heterocycles. The van der Waals surface area contributed by atoms with Crippen molar-refractivity contribution in [3.63, 3.8) is 0 Å². The van der Waals surface area contributed by atoms with Crippen molar-refractivity contribution in [2.75, 3.05) is 23.0 Å². The van der Waals surface area contributed by atoms with Gasteiger partial charge in [0.1, 0.15) is 0 Å². The number of unbranched alkanes of at least 4 members (excludes halogenated alkanes) is 30. The molecule has 0 rings (SSSR count). The van der Waals surface area contributed by atoms with E-state index in [1.165, 1.54) is 216 Å². The maximum Gasteiger partial charge on any atom is 2.00 e. The fraction of sp³-hybridized carbons (Fsp3) is 0.950. The molecule has 4 nitrogen and oxygen atoms in total. The number of hydrogen-bond donors (Lipinski definition) is 0. The first-order chi connectivity index (χ1) is 22.5. The number of carbonyl (C=O) groups excluding carboxylic acids is 2. The smallest absolute Gasteiger partial charge is 0.549 e. The zero-order chi connectivity index (χ0) is 34.0. The van der Waals surface area contributed by atoms with Crippen molar-refractivity contribution < 1.29 is 36.9 Å². The van der Waals surface area contributed by atoms with E-state index in [4.69, 9.17) is 0 Å². The Hall–Kier alpha value is 0.159. The third-order valence-corrected chi connectivity index (χ3v) is 10.8. The average Bonchev–Trinajstić information content (AvgIpc) is 3.03. The molecule has 285 valence electrons. The molecule has 0 fully saturated rings.